The maximum absolute atomic E-state index is 6.07. The molecule has 0 aromatic heterocycles. The Morgan fingerprint density at radius 1 is 1.29 bits per heavy atom. The minimum Gasteiger partial charge on any atom is -0.375 e. The first-order chi connectivity index (χ1) is 7.58. The van der Waals surface area contributed by atoms with Crippen LogP contribution in [0.4, 0.5) is 0 Å². The highest BCUT2D eigenvalue weighted by Crippen LogP contribution is 2.37. The summed E-state index contributed by atoms with van der Waals surface area (Å²) in [7, 11) is 0. The van der Waals surface area contributed by atoms with E-state index in [9.17, 15) is 0 Å². The Labute approximate surface area is 106 Å². The molecule has 0 amide bonds. The second kappa shape index (κ2) is 4.87. The molecule has 3 nitrogen and oxygen atoms in total. The van der Waals surface area contributed by atoms with Crippen molar-refractivity contribution >= 4 is 0 Å². The minimum absolute atomic E-state index is 0.0308. The van der Waals surface area contributed by atoms with Gasteiger partial charge in [0, 0.05) is 19.2 Å². The highest BCUT2D eigenvalue weighted by molar-refractivity contribution is 4.99. The van der Waals surface area contributed by atoms with Crippen LogP contribution in [0.25, 0.3) is 0 Å². The normalized spacial score (nSPS) is 27.4. The average Bonchev–Trinajstić information content (AvgIpc) is 2.30. The second-order valence-electron chi connectivity index (χ2n) is 6.80. The molecule has 0 aromatic rings. The summed E-state index contributed by atoms with van der Waals surface area (Å²) in [5.74, 6) is 0. The quantitative estimate of drug-likeness (QED) is 0.805. The van der Waals surface area contributed by atoms with Gasteiger partial charge in [0.05, 0.1) is 16.8 Å². The summed E-state index contributed by atoms with van der Waals surface area (Å²) in [5, 5.41) is 3.60. The lowest BCUT2D eigenvalue weighted by Crippen LogP contribution is -2.49. The van der Waals surface area contributed by atoms with Gasteiger partial charge in [-0.25, -0.2) is 0 Å². The molecule has 1 N–H and O–H groups in total. The van der Waals surface area contributed by atoms with E-state index in [0.29, 0.717) is 6.04 Å². The summed E-state index contributed by atoms with van der Waals surface area (Å²) in [6, 6.07) is 0.386. The fraction of sp³-hybridized carbons (Fsp3) is 1.00. The predicted octanol–water partition coefficient (Wildman–Crippen LogP) is 2.74. The van der Waals surface area contributed by atoms with Crippen molar-refractivity contribution in [3.63, 3.8) is 0 Å². The molecule has 1 aliphatic rings. The van der Waals surface area contributed by atoms with E-state index >= 15 is 0 Å². The van der Waals surface area contributed by atoms with Gasteiger partial charge in [0.1, 0.15) is 0 Å². The van der Waals surface area contributed by atoms with Gasteiger partial charge in [-0.05, 0) is 54.9 Å². The van der Waals surface area contributed by atoms with E-state index in [1.807, 2.05) is 6.92 Å². The molecule has 1 heterocycles. The molecular weight excluding hydrogens is 214 g/mol. The van der Waals surface area contributed by atoms with Crippen LogP contribution < -0.4 is 5.32 Å². The molecule has 0 aromatic carbocycles. The summed E-state index contributed by atoms with van der Waals surface area (Å²) in [6.07, 6.45) is 1.04. The molecule has 1 saturated heterocycles. The molecule has 1 aliphatic heterocycles. The molecule has 17 heavy (non-hydrogen) atoms. The van der Waals surface area contributed by atoms with Crippen molar-refractivity contribution in [2.75, 3.05) is 13.2 Å². The van der Waals surface area contributed by atoms with E-state index in [-0.39, 0.29) is 16.8 Å². The standard InChI is InChI=1S/C14H29NO2/c1-8-16-13(4,5)10-15-11-9-12(2,3)17-14(11,6)7/h11,15H,8-10H2,1-7H3. The highest BCUT2D eigenvalue weighted by atomic mass is 16.5. The van der Waals surface area contributed by atoms with E-state index < -0.39 is 0 Å². The van der Waals surface area contributed by atoms with E-state index in [0.717, 1.165) is 19.6 Å². The average molecular weight is 243 g/mol. The molecule has 3 heteroatoms. The van der Waals surface area contributed by atoms with E-state index in [1.165, 1.54) is 0 Å². The molecule has 1 unspecified atom stereocenters. The van der Waals surface area contributed by atoms with Crippen molar-refractivity contribution in [3.8, 4) is 0 Å². The van der Waals surface area contributed by atoms with E-state index in [1.54, 1.807) is 0 Å². The molecule has 1 atom stereocenters. The van der Waals surface area contributed by atoms with Crippen LogP contribution in [0, 0.1) is 0 Å². The number of hydrogen-bond acceptors (Lipinski definition) is 3. The Morgan fingerprint density at radius 2 is 1.88 bits per heavy atom. The number of ether oxygens (including phenoxy) is 2. The van der Waals surface area contributed by atoms with E-state index in [2.05, 4.69) is 46.9 Å². The van der Waals surface area contributed by atoms with Crippen molar-refractivity contribution in [1.82, 2.24) is 5.32 Å². The lowest BCUT2D eigenvalue weighted by atomic mass is 9.94. The molecular formula is C14H29NO2. The third-order valence-corrected chi connectivity index (χ3v) is 3.38. The van der Waals surface area contributed by atoms with Gasteiger partial charge in [0.25, 0.3) is 0 Å². The molecule has 0 saturated carbocycles. The van der Waals surface area contributed by atoms with Crippen LogP contribution in [0.2, 0.25) is 0 Å². The molecule has 0 aliphatic carbocycles. The summed E-state index contributed by atoms with van der Waals surface area (Å²) in [6.45, 7) is 16.5. The van der Waals surface area contributed by atoms with Crippen LogP contribution in [0.15, 0.2) is 0 Å². The first-order valence-corrected chi connectivity index (χ1v) is 6.65. The zero-order valence-corrected chi connectivity index (χ0v) is 12.5. The largest absolute Gasteiger partial charge is 0.375 e. The number of hydrogen-bond donors (Lipinski definition) is 1. The van der Waals surface area contributed by atoms with Crippen LogP contribution in [0.3, 0.4) is 0 Å². The van der Waals surface area contributed by atoms with Gasteiger partial charge in [-0.2, -0.15) is 0 Å². The van der Waals surface area contributed by atoms with Crippen LogP contribution in [0.1, 0.15) is 54.9 Å². The number of rotatable bonds is 5. The van der Waals surface area contributed by atoms with E-state index in [4.69, 9.17) is 9.47 Å². The SMILES string of the molecule is CCOC(C)(C)CNC1CC(C)(C)OC1(C)C. The summed E-state index contributed by atoms with van der Waals surface area (Å²) in [5.41, 5.74) is -0.250. The van der Waals surface area contributed by atoms with Gasteiger partial charge in [-0.3, -0.25) is 0 Å². The smallest absolute Gasteiger partial charge is 0.0787 e. The van der Waals surface area contributed by atoms with Crippen molar-refractivity contribution in [1.29, 1.82) is 0 Å². The summed E-state index contributed by atoms with van der Waals surface area (Å²) in [4.78, 5) is 0. The molecule has 0 spiro atoms. The lowest BCUT2D eigenvalue weighted by Gasteiger charge is -2.31. The highest BCUT2D eigenvalue weighted by Gasteiger charge is 2.45. The topological polar surface area (TPSA) is 30.5 Å². The summed E-state index contributed by atoms with van der Waals surface area (Å²) < 4.78 is 11.8. The fourth-order valence-electron chi connectivity index (χ4n) is 2.69. The zero-order chi connectivity index (χ0) is 13.3. The third-order valence-electron chi connectivity index (χ3n) is 3.38. The van der Waals surface area contributed by atoms with Crippen LogP contribution in [-0.4, -0.2) is 36.0 Å². The van der Waals surface area contributed by atoms with Crippen LogP contribution in [-0.2, 0) is 9.47 Å². The first kappa shape index (κ1) is 14.9. The molecule has 1 rings (SSSR count). The monoisotopic (exact) mass is 243 g/mol. The Kier molecular flexibility index (Phi) is 4.28. The zero-order valence-electron chi connectivity index (χ0n) is 12.5. The van der Waals surface area contributed by atoms with Gasteiger partial charge in [0.15, 0.2) is 0 Å². The lowest BCUT2D eigenvalue weighted by molar-refractivity contribution is -0.0720. The van der Waals surface area contributed by atoms with Gasteiger partial charge in [-0.15, -0.1) is 0 Å². The molecule has 102 valence electrons. The van der Waals surface area contributed by atoms with Crippen molar-refractivity contribution in [3.05, 3.63) is 0 Å². The van der Waals surface area contributed by atoms with Crippen molar-refractivity contribution in [2.45, 2.75) is 77.7 Å². The number of nitrogens with one attached hydrogen (secondary N) is 1. The Balaban J connectivity index is 2.53. The Morgan fingerprint density at radius 3 is 2.29 bits per heavy atom. The van der Waals surface area contributed by atoms with Gasteiger partial charge in [0.2, 0.25) is 0 Å². The molecule has 0 bridgehead atoms. The van der Waals surface area contributed by atoms with Gasteiger partial charge in [-0.1, -0.05) is 0 Å². The Hall–Kier alpha value is -0.120. The maximum Gasteiger partial charge on any atom is 0.0787 e. The second-order valence-corrected chi connectivity index (χ2v) is 6.80. The van der Waals surface area contributed by atoms with Crippen molar-refractivity contribution in [2.24, 2.45) is 0 Å². The van der Waals surface area contributed by atoms with Crippen molar-refractivity contribution < 1.29 is 9.47 Å². The van der Waals surface area contributed by atoms with Crippen LogP contribution in [0.5, 0.6) is 0 Å². The first-order valence-electron chi connectivity index (χ1n) is 6.65. The molecule has 0 radical (unpaired) electrons. The molecule has 1 fully saturated rings. The minimum atomic E-state index is -0.114. The predicted molar refractivity (Wildman–Crippen MR) is 71.4 cm³/mol. The summed E-state index contributed by atoms with van der Waals surface area (Å²) >= 11 is 0. The Bertz CT molecular complexity index is 259. The fourth-order valence-corrected chi connectivity index (χ4v) is 2.69. The third kappa shape index (κ3) is 4.23. The maximum atomic E-state index is 6.07. The van der Waals surface area contributed by atoms with Gasteiger partial charge < -0.3 is 14.8 Å². The van der Waals surface area contributed by atoms with Gasteiger partial charge >= 0.3 is 0 Å². The van der Waals surface area contributed by atoms with Crippen LogP contribution >= 0.6 is 0 Å².